The van der Waals surface area contributed by atoms with Crippen molar-refractivity contribution in [1.29, 1.82) is 0 Å². The largest absolute Gasteiger partial charge is 0.293 e. The summed E-state index contributed by atoms with van der Waals surface area (Å²) >= 11 is 0. The average Bonchev–Trinajstić information content (AvgIpc) is 1.58. The smallest absolute Gasteiger partial charge is 0.162 e. The van der Waals surface area contributed by atoms with E-state index >= 15 is 0 Å². The summed E-state index contributed by atoms with van der Waals surface area (Å²) < 4.78 is 91.3. The minimum atomic E-state index is -0.451. The number of para-hydroxylation sites is 3. The van der Waals surface area contributed by atoms with Crippen molar-refractivity contribution in [2.45, 2.75) is 0 Å². The second-order valence-corrected chi connectivity index (χ2v) is 30.5. The van der Waals surface area contributed by atoms with Gasteiger partial charge in [-0.05, 0) is 174 Å². The van der Waals surface area contributed by atoms with Crippen LogP contribution in [-0.4, -0.2) is 43.6 Å². The van der Waals surface area contributed by atoms with Crippen LogP contribution in [0.15, 0.2) is 443 Å². The molecule has 0 saturated carbocycles. The Morgan fingerprint density at radius 1 is 0.179 bits per heavy atom. The van der Waals surface area contributed by atoms with Gasteiger partial charge in [-0.15, -0.1) is 0 Å². The normalized spacial score (nSPS) is 12.7. The van der Waals surface area contributed by atoms with Crippen LogP contribution in [0.2, 0.25) is 0 Å². The Morgan fingerprint density at radius 3 is 1.00 bits per heavy atom. The van der Waals surface area contributed by atoms with Gasteiger partial charge in [-0.1, -0.05) is 346 Å². The predicted octanol–water partition coefficient (Wildman–Crippen LogP) is 29.3. The molecule has 19 aromatic carbocycles. The third-order valence-corrected chi connectivity index (χ3v) is 23.3. The van der Waals surface area contributed by atoms with E-state index in [0.29, 0.717) is 28.5 Å². The van der Waals surface area contributed by atoms with Crippen molar-refractivity contribution >= 4 is 130 Å². The molecule has 0 spiro atoms. The molecule has 9 heteroatoms. The van der Waals surface area contributed by atoms with Crippen molar-refractivity contribution < 1.29 is 13.7 Å². The van der Waals surface area contributed by atoms with Gasteiger partial charge in [0, 0.05) is 65.2 Å². The summed E-state index contributed by atoms with van der Waals surface area (Å²) in [6, 6.07) is 127. The summed E-state index contributed by atoms with van der Waals surface area (Å²) in [5.74, 6) is 3.52. The number of aromatic nitrogens is 9. The van der Waals surface area contributed by atoms with Crippen LogP contribution in [-0.2, 0) is 0 Å². The number of nitrogens with zero attached hydrogens (tertiary/aromatic N) is 9. The molecule has 0 amide bonds. The molecule has 574 valence electrons. The van der Waals surface area contributed by atoms with Gasteiger partial charge in [0.15, 0.2) is 17.5 Å². The van der Waals surface area contributed by atoms with Crippen LogP contribution >= 0.6 is 0 Å². The molecule has 0 aliphatic heterocycles. The van der Waals surface area contributed by atoms with Gasteiger partial charge < -0.3 is 0 Å². The molecule has 0 saturated heterocycles. The van der Waals surface area contributed by atoms with Crippen molar-refractivity contribution in [2.24, 2.45) is 0 Å². The number of fused-ring (bicyclic) bond motifs is 15. The molecule has 6 heterocycles. The fraction of sp³-hybridized carbons (Fsp3) is 0. The lowest BCUT2D eigenvalue weighted by Crippen LogP contribution is -2.02. The SMILES string of the molecule is [2H]c1c([2H])c([2H])c(-c2cccc3c2c2cc4ccccc4cc2n3-c2nc(-c3ccc(-c4ccccc4)cc3)nc3ccccc23)c([2H])c1[2H].[2H]c1c([2H])c([2H])c(-c2nc(-n3c4cc(-c5ccccc5)ccc4c4cc5ccccc5cc43)c3ccccc3n2)c([2H])c1[2H].c1ccc(-c2ccc3c(c2)c2cc4ccccc4cc2n3-c2nc(-c3ccccc3)nc3ccccc23)cc1. The van der Waals surface area contributed by atoms with E-state index in [1.807, 2.05) is 164 Å². The summed E-state index contributed by atoms with van der Waals surface area (Å²) in [6.45, 7) is 0. The molecule has 25 rings (SSSR count). The number of benzene rings is 19. The van der Waals surface area contributed by atoms with E-state index in [2.05, 4.69) is 232 Å². The molecule has 0 radical (unpaired) electrons. The van der Waals surface area contributed by atoms with Gasteiger partial charge in [0.25, 0.3) is 0 Å². The Bertz CT molecular complexity index is 9030. The van der Waals surface area contributed by atoms with Gasteiger partial charge in [-0.25, -0.2) is 29.9 Å². The van der Waals surface area contributed by atoms with Crippen LogP contribution in [0.4, 0.5) is 0 Å². The summed E-state index contributed by atoms with van der Waals surface area (Å²) in [6.07, 6.45) is 0. The topological polar surface area (TPSA) is 92.1 Å². The monoisotopic (exact) mass is 1580 g/mol. The van der Waals surface area contributed by atoms with Gasteiger partial charge in [-0.3, -0.25) is 13.7 Å². The van der Waals surface area contributed by atoms with Gasteiger partial charge in [0.2, 0.25) is 0 Å². The summed E-state index contributed by atoms with van der Waals surface area (Å²) in [7, 11) is 0. The van der Waals surface area contributed by atoms with E-state index in [1.165, 1.54) is 32.7 Å². The Labute approximate surface area is 722 Å². The minimum absolute atomic E-state index is 0.0285. The molecule has 6 aromatic heterocycles. The van der Waals surface area contributed by atoms with Crippen LogP contribution in [0.5, 0.6) is 0 Å². The molecular weight excluding hydrogens is 1500 g/mol. The van der Waals surface area contributed by atoms with Crippen molar-refractivity contribution in [2.75, 3.05) is 0 Å². The molecular formula is C114H73N9. The zero-order chi connectivity index (χ0) is 90.0. The van der Waals surface area contributed by atoms with Gasteiger partial charge >= 0.3 is 0 Å². The van der Waals surface area contributed by atoms with E-state index in [9.17, 15) is 0 Å². The molecule has 0 N–H and O–H groups in total. The quantitative estimate of drug-likeness (QED) is 0.135. The first-order chi connectivity index (χ1) is 65.1. The van der Waals surface area contributed by atoms with Crippen LogP contribution in [0.25, 0.3) is 227 Å². The first-order valence-electron chi connectivity index (χ1n) is 45.8. The second kappa shape index (κ2) is 30.4. The maximum absolute atomic E-state index is 8.86. The molecule has 0 fully saturated rings. The fourth-order valence-electron chi connectivity index (χ4n) is 17.5. The zero-order valence-corrected chi connectivity index (χ0v) is 65.9. The lowest BCUT2D eigenvalue weighted by Gasteiger charge is -2.13. The molecule has 0 unspecified atom stereocenters. The van der Waals surface area contributed by atoms with E-state index in [1.54, 1.807) is 0 Å². The van der Waals surface area contributed by atoms with E-state index in [-0.39, 0.29) is 53.2 Å². The summed E-state index contributed by atoms with van der Waals surface area (Å²) in [5, 5.41) is 15.6. The van der Waals surface area contributed by atoms with Crippen molar-refractivity contribution in [3.63, 3.8) is 0 Å². The van der Waals surface area contributed by atoms with Crippen LogP contribution < -0.4 is 0 Å². The molecule has 25 aromatic rings. The van der Waals surface area contributed by atoms with Crippen LogP contribution in [0.1, 0.15) is 13.7 Å². The highest BCUT2D eigenvalue weighted by Gasteiger charge is 2.25. The molecule has 9 nitrogen and oxygen atoms in total. The van der Waals surface area contributed by atoms with E-state index < -0.39 is 24.2 Å². The second-order valence-electron chi connectivity index (χ2n) is 30.5. The van der Waals surface area contributed by atoms with Gasteiger partial charge in [0.1, 0.15) is 17.5 Å². The minimum Gasteiger partial charge on any atom is -0.293 e. The van der Waals surface area contributed by atoms with Gasteiger partial charge in [-0.2, -0.15) is 0 Å². The average molecular weight is 1580 g/mol. The Hall–Kier alpha value is -16.6. The van der Waals surface area contributed by atoms with Crippen LogP contribution in [0, 0.1) is 0 Å². The standard InChI is InChI=1S/C42H27N3.2C36H23N3/c1-3-12-28(13-4-1)29-22-24-31(25-23-29)41-43-37-20-10-9-18-35(37)42(44-41)45-38-21-11-19-34(30-14-5-2-6-15-30)40(38)36-26-32-16-7-8-17-33(32)27-39(36)45;1-3-11-24(12-4-1)28-19-20-33-30(22-28)31-21-26-15-7-8-16-27(26)23-34(31)39(33)36-29-17-9-10-18-32(29)37-35(38-36)25-13-5-2-6-14-25;1-3-11-24(12-4-1)28-19-20-29-31-21-26-15-7-8-16-27(26)22-34(31)39(33(29)23-28)36-30-17-9-10-18-32(30)37-35(38-36)25-13-5-2-6-14-25/h1-27H;2*1-23H/i2D,5D,6D,14D,15D;;2D,5D,6D,13D,14D. The predicted molar refractivity (Wildman–Crippen MR) is 512 cm³/mol. The Kier molecular flexibility index (Phi) is 15.2. The maximum atomic E-state index is 8.86. The highest BCUT2D eigenvalue weighted by atomic mass is 15.1. The third-order valence-electron chi connectivity index (χ3n) is 23.3. The van der Waals surface area contributed by atoms with Crippen LogP contribution in [0.3, 0.4) is 0 Å². The first-order valence-corrected chi connectivity index (χ1v) is 40.8. The zero-order valence-electron chi connectivity index (χ0n) is 75.9. The maximum Gasteiger partial charge on any atom is 0.162 e. The first kappa shape index (κ1) is 61.7. The lowest BCUT2D eigenvalue weighted by molar-refractivity contribution is 1.08. The fourth-order valence-corrected chi connectivity index (χ4v) is 17.5. The molecule has 0 aliphatic rings. The third kappa shape index (κ3) is 12.9. The van der Waals surface area contributed by atoms with E-state index in [0.717, 1.165) is 148 Å². The van der Waals surface area contributed by atoms with Gasteiger partial charge in [0.05, 0.1) is 63.4 Å². The lowest BCUT2D eigenvalue weighted by atomic mass is 9.98. The molecule has 0 aliphatic carbocycles. The Morgan fingerprint density at radius 2 is 0.504 bits per heavy atom. The van der Waals surface area contributed by atoms with E-state index in [4.69, 9.17) is 43.6 Å². The number of rotatable bonds is 10. The highest BCUT2D eigenvalue weighted by molar-refractivity contribution is 6.20. The molecule has 123 heavy (non-hydrogen) atoms. The Balaban J connectivity index is 0.000000114. The summed E-state index contributed by atoms with van der Waals surface area (Å²) in [5.41, 5.74) is 17.5. The van der Waals surface area contributed by atoms with Crippen molar-refractivity contribution in [1.82, 2.24) is 43.6 Å². The summed E-state index contributed by atoms with van der Waals surface area (Å²) in [4.78, 5) is 30.2. The highest BCUT2D eigenvalue weighted by Crippen LogP contribution is 2.45. The number of hydrogen-bond donors (Lipinski definition) is 0. The molecule has 0 bridgehead atoms. The van der Waals surface area contributed by atoms with Crippen molar-refractivity contribution in [3.8, 4) is 96.1 Å². The number of hydrogen-bond acceptors (Lipinski definition) is 6. The van der Waals surface area contributed by atoms with Crippen molar-refractivity contribution in [3.05, 3.63) is 443 Å². The molecule has 0 atom stereocenters.